The molecule has 0 unspecified atom stereocenters. The van der Waals surface area contributed by atoms with E-state index in [2.05, 4.69) is 26.3 Å². The third-order valence-corrected chi connectivity index (χ3v) is 2.91. The number of rotatable bonds is 5. The summed E-state index contributed by atoms with van der Waals surface area (Å²) >= 11 is 0. The molecule has 1 aromatic rings. The van der Waals surface area contributed by atoms with Crippen LogP contribution in [-0.4, -0.2) is 26.5 Å². The summed E-state index contributed by atoms with van der Waals surface area (Å²) in [5, 5.41) is 0. The first-order valence-electron chi connectivity index (χ1n) is 5.51. The first-order valence-corrected chi connectivity index (χ1v) is 6.99. The first kappa shape index (κ1) is 14.4. The average Bonchev–Trinajstić information content (AvgIpc) is 2.34. The largest absolute Gasteiger partial charge is 0.320 e. The summed E-state index contributed by atoms with van der Waals surface area (Å²) in [7, 11) is -3.57. The van der Waals surface area contributed by atoms with E-state index in [1.165, 1.54) is 0 Å². The highest BCUT2D eigenvalue weighted by Gasteiger charge is 2.09. The molecule has 7 heteroatoms. The van der Waals surface area contributed by atoms with E-state index in [1.54, 1.807) is 18.2 Å². The second-order valence-corrected chi connectivity index (χ2v) is 4.91. The minimum atomic E-state index is -3.57. The van der Waals surface area contributed by atoms with Crippen molar-refractivity contribution in [2.45, 2.75) is 13.3 Å². The second kappa shape index (κ2) is 6.96. The van der Waals surface area contributed by atoms with Gasteiger partial charge in [-0.3, -0.25) is 4.72 Å². The Labute approximate surface area is 107 Å². The Balaban J connectivity index is 2.79. The van der Waals surface area contributed by atoms with Gasteiger partial charge in [-0.05, 0) is 24.5 Å². The number of aromatic nitrogens is 1. The van der Waals surface area contributed by atoms with Gasteiger partial charge in [-0.2, -0.15) is 13.1 Å². The second-order valence-electron chi connectivity index (χ2n) is 3.41. The molecule has 0 aliphatic carbocycles. The normalized spacial score (nSPS) is 10.6. The summed E-state index contributed by atoms with van der Waals surface area (Å²) in [6, 6.07) is 4.91. The number of pyridine rings is 1. The topological polar surface area (TPSA) is 97.1 Å². The van der Waals surface area contributed by atoms with Crippen molar-refractivity contribution in [3.05, 3.63) is 23.9 Å². The van der Waals surface area contributed by atoms with Crippen LogP contribution >= 0.6 is 0 Å². The van der Waals surface area contributed by atoms with Gasteiger partial charge < -0.3 is 5.73 Å². The summed E-state index contributed by atoms with van der Waals surface area (Å²) in [5.41, 5.74) is 5.72. The molecule has 1 heterocycles. The predicted molar refractivity (Wildman–Crippen MR) is 71.0 cm³/mol. The van der Waals surface area contributed by atoms with Crippen LogP contribution in [0, 0.1) is 11.8 Å². The monoisotopic (exact) mass is 268 g/mol. The predicted octanol–water partition coefficient (Wildman–Crippen LogP) is 0.0481. The third-order valence-electron chi connectivity index (χ3n) is 1.85. The molecule has 0 aliphatic rings. The molecule has 6 nitrogen and oxygen atoms in total. The highest BCUT2D eigenvalue weighted by atomic mass is 32.2. The minimum absolute atomic E-state index is 0.224. The van der Waals surface area contributed by atoms with Crippen molar-refractivity contribution in [2.24, 2.45) is 5.73 Å². The van der Waals surface area contributed by atoms with E-state index in [9.17, 15) is 8.42 Å². The fourth-order valence-corrected chi connectivity index (χ4v) is 2.05. The van der Waals surface area contributed by atoms with Gasteiger partial charge in [0.05, 0.1) is 6.54 Å². The molecule has 1 rings (SSSR count). The third kappa shape index (κ3) is 5.14. The lowest BCUT2D eigenvalue weighted by Crippen LogP contribution is -2.31. The lowest BCUT2D eigenvalue weighted by atomic mass is 10.3. The van der Waals surface area contributed by atoms with Gasteiger partial charge in [-0.15, -0.1) is 0 Å². The van der Waals surface area contributed by atoms with Crippen molar-refractivity contribution < 1.29 is 8.42 Å². The Morgan fingerprint density at radius 3 is 2.89 bits per heavy atom. The Hall–Kier alpha value is -1.62. The minimum Gasteiger partial charge on any atom is -0.320 e. The molecule has 0 bridgehead atoms. The maximum atomic E-state index is 11.6. The zero-order chi connectivity index (χ0) is 13.4. The van der Waals surface area contributed by atoms with E-state index >= 15 is 0 Å². The molecule has 0 radical (unpaired) electrons. The van der Waals surface area contributed by atoms with E-state index in [0.29, 0.717) is 12.2 Å². The standard InChI is InChI=1S/C11H16N4O2S/c1-2-9-13-18(16,17)15-11-7-3-5-10(14-11)6-4-8-12/h3,5,7,13H,2,8-9,12H2,1H3,(H,14,15). The Kier molecular flexibility index (Phi) is 5.58. The number of anilines is 1. The van der Waals surface area contributed by atoms with Gasteiger partial charge in [0.2, 0.25) is 0 Å². The molecule has 0 spiro atoms. The molecule has 0 aliphatic heterocycles. The van der Waals surface area contributed by atoms with E-state index in [0.717, 1.165) is 6.42 Å². The molecule has 0 saturated heterocycles. The van der Waals surface area contributed by atoms with Gasteiger partial charge in [0.15, 0.2) is 0 Å². The molecule has 1 aromatic heterocycles. The van der Waals surface area contributed by atoms with Crippen molar-refractivity contribution in [3.8, 4) is 11.8 Å². The van der Waals surface area contributed by atoms with Crippen molar-refractivity contribution in [3.63, 3.8) is 0 Å². The maximum Gasteiger partial charge on any atom is 0.300 e. The maximum absolute atomic E-state index is 11.6. The van der Waals surface area contributed by atoms with E-state index in [-0.39, 0.29) is 12.4 Å². The first-order chi connectivity index (χ1) is 8.57. The molecule has 0 saturated carbocycles. The lowest BCUT2D eigenvalue weighted by Gasteiger charge is -2.07. The average molecular weight is 268 g/mol. The van der Waals surface area contributed by atoms with Gasteiger partial charge in [-0.1, -0.05) is 18.9 Å². The zero-order valence-electron chi connectivity index (χ0n) is 10.1. The summed E-state index contributed by atoms with van der Waals surface area (Å²) in [5.74, 6) is 5.61. The molecule has 0 atom stereocenters. The number of hydrogen-bond donors (Lipinski definition) is 3. The molecular weight excluding hydrogens is 252 g/mol. The summed E-state index contributed by atoms with van der Waals surface area (Å²) in [6.07, 6.45) is 0.719. The van der Waals surface area contributed by atoms with Gasteiger partial charge in [0.1, 0.15) is 11.5 Å². The Morgan fingerprint density at radius 2 is 2.22 bits per heavy atom. The molecule has 18 heavy (non-hydrogen) atoms. The van der Waals surface area contributed by atoms with Gasteiger partial charge in [-0.25, -0.2) is 4.98 Å². The number of nitrogens with one attached hydrogen (secondary N) is 2. The summed E-state index contributed by atoms with van der Waals surface area (Å²) in [6.45, 7) is 2.49. The summed E-state index contributed by atoms with van der Waals surface area (Å²) < 4.78 is 27.8. The Bertz CT molecular complexity index is 546. The van der Waals surface area contributed by atoms with Crippen molar-refractivity contribution in [2.75, 3.05) is 17.8 Å². The quantitative estimate of drug-likeness (QED) is 0.657. The Morgan fingerprint density at radius 1 is 1.44 bits per heavy atom. The van der Waals surface area contributed by atoms with Crippen LogP contribution in [0.4, 0.5) is 5.82 Å². The van der Waals surface area contributed by atoms with E-state index < -0.39 is 10.2 Å². The molecule has 0 aromatic carbocycles. The van der Waals surface area contributed by atoms with Crippen LogP contribution in [0.1, 0.15) is 19.0 Å². The zero-order valence-corrected chi connectivity index (χ0v) is 10.9. The van der Waals surface area contributed by atoms with Crippen molar-refractivity contribution in [1.29, 1.82) is 0 Å². The van der Waals surface area contributed by atoms with Crippen LogP contribution < -0.4 is 15.2 Å². The van der Waals surface area contributed by atoms with Gasteiger partial charge >= 0.3 is 0 Å². The molecule has 4 N–H and O–H groups in total. The van der Waals surface area contributed by atoms with Crippen molar-refractivity contribution >= 4 is 16.0 Å². The number of hydrogen-bond acceptors (Lipinski definition) is 4. The van der Waals surface area contributed by atoms with Gasteiger partial charge in [0.25, 0.3) is 10.2 Å². The van der Waals surface area contributed by atoms with Crippen LogP contribution in [0.5, 0.6) is 0 Å². The molecule has 0 fully saturated rings. The molecule has 98 valence electrons. The molecule has 0 amide bonds. The van der Waals surface area contributed by atoms with Crippen LogP contribution in [-0.2, 0) is 10.2 Å². The smallest absolute Gasteiger partial charge is 0.300 e. The van der Waals surface area contributed by atoms with Crippen LogP contribution in [0.25, 0.3) is 0 Å². The highest BCUT2D eigenvalue weighted by Crippen LogP contribution is 2.05. The fourth-order valence-electron chi connectivity index (χ4n) is 1.11. The van der Waals surface area contributed by atoms with Crippen LogP contribution in [0.3, 0.4) is 0 Å². The summed E-state index contributed by atoms with van der Waals surface area (Å²) in [4.78, 5) is 4.04. The number of nitrogens with zero attached hydrogens (tertiary/aromatic N) is 1. The molecular formula is C11H16N4O2S. The number of nitrogens with two attached hydrogens (primary N) is 1. The van der Waals surface area contributed by atoms with E-state index in [1.807, 2.05) is 6.92 Å². The van der Waals surface area contributed by atoms with Gasteiger partial charge in [0, 0.05) is 6.54 Å². The SMILES string of the molecule is CCCNS(=O)(=O)Nc1cccc(C#CCN)n1. The lowest BCUT2D eigenvalue weighted by molar-refractivity contribution is 0.586. The highest BCUT2D eigenvalue weighted by molar-refractivity contribution is 7.90. The fraction of sp³-hybridized carbons (Fsp3) is 0.364. The van der Waals surface area contributed by atoms with Crippen molar-refractivity contribution in [1.82, 2.24) is 9.71 Å². The van der Waals surface area contributed by atoms with Crippen LogP contribution in [0.2, 0.25) is 0 Å². The van der Waals surface area contributed by atoms with Crippen LogP contribution in [0.15, 0.2) is 18.2 Å². The van der Waals surface area contributed by atoms with E-state index in [4.69, 9.17) is 5.73 Å².